The van der Waals surface area contributed by atoms with Crippen LogP contribution in [0, 0.1) is 5.92 Å². The van der Waals surface area contributed by atoms with E-state index < -0.39 is 5.54 Å². The van der Waals surface area contributed by atoms with Crippen molar-refractivity contribution in [3.63, 3.8) is 0 Å². The summed E-state index contributed by atoms with van der Waals surface area (Å²) in [4.78, 5) is 53.9. The van der Waals surface area contributed by atoms with Crippen molar-refractivity contribution in [1.29, 1.82) is 0 Å². The second-order valence-electron chi connectivity index (χ2n) is 9.84. The first-order valence-electron chi connectivity index (χ1n) is 12.0. The lowest BCUT2D eigenvalue weighted by Gasteiger charge is -2.41. The number of likely N-dealkylation sites (tertiary alicyclic amines) is 1. The van der Waals surface area contributed by atoms with Gasteiger partial charge in [-0.05, 0) is 32.6 Å². The first-order chi connectivity index (χ1) is 15.7. The van der Waals surface area contributed by atoms with Gasteiger partial charge in [-0.15, -0.1) is 0 Å². The molecule has 33 heavy (non-hydrogen) atoms. The lowest BCUT2D eigenvalue weighted by Crippen LogP contribution is -2.63. The van der Waals surface area contributed by atoms with Gasteiger partial charge in [0, 0.05) is 38.2 Å². The second kappa shape index (κ2) is 9.15. The number of carbonyl (C=O) groups excluding carboxylic acids is 4. The van der Waals surface area contributed by atoms with Crippen LogP contribution in [0.15, 0.2) is 6.07 Å². The van der Waals surface area contributed by atoms with Crippen LogP contribution in [0.25, 0.3) is 0 Å². The minimum absolute atomic E-state index is 0.125. The van der Waals surface area contributed by atoms with Crippen LogP contribution in [0.1, 0.15) is 79.3 Å². The first kappa shape index (κ1) is 23.3. The zero-order chi connectivity index (χ0) is 23.8. The molecule has 3 aliphatic rings. The lowest BCUT2D eigenvalue weighted by atomic mass is 9.94. The number of piperidine rings is 1. The fourth-order valence-electron chi connectivity index (χ4n) is 5.13. The Labute approximate surface area is 193 Å². The topological polar surface area (TPSA) is 131 Å². The molecule has 4 rings (SSSR count). The quantitative estimate of drug-likeness (QED) is 0.648. The van der Waals surface area contributed by atoms with Gasteiger partial charge in [-0.1, -0.05) is 25.7 Å². The summed E-state index contributed by atoms with van der Waals surface area (Å²) in [5, 5.41) is 7.57. The Morgan fingerprint density at radius 2 is 1.73 bits per heavy atom. The third kappa shape index (κ3) is 4.47. The van der Waals surface area contributed by atoms with Gasteiger partial charge in [-0.25, -0.2) is 0 Å². The van der Waals surface area contributed by atoms with Crippen molar-refractivity contribution in [3.05, 3.63) is 17.5 Å². The van der Waals surface area contributed by atoms with E-state index in [9.17, 15) is 19.2 Å². The van der Waals surface area contributed by atoms with Gasteiger partial charge in [0.15, 0.2) is 5.69 Å². The number of hydrogen-bond acceptors (Lipinski definition) is 5. The van der Waals surface area contributed by atoms with E-state index in [2.05, 4.69) is 10.4 Å². The number of fused-ring (bicyclic) bond motifs is 1. The smallest absolute Gasteiger partial charge is 0.274 e. The highest BCUT2D eigenvalue weighted by Crippen LogP contribution is 2.28. The SMILES string of the molecule is CN1C(=O)c2cc(C(=O)N3CCC(C(N)=O)CC3)nn2C[C@@]1(C)C(=O)NC1CCCCCC1. The van der Waals surface area contributed by atoms with E-state index in [1.165, 1.54) is 28.5 Å². The van der Waals surface area contributed by atoms with Crippen LogP contribution in [-0.4, -0.2) is 74.9 Å². The Morgan fingerprint density at radius 1 is 1.09 bits per heavy atom. The zero-order valence-electron chi connectivity index (χ0n) is 19.5. The van der Waals surface area contributed by atoms with E-state index in [0.717, 1.165) is 25.7 Å². The highest BCUT2D eigenvalue weighted by Gasteiger charge is 2.47. The molecule has 2 fully saturated rings. The Balaban J connectivity index is 1.48. The molecule has 3 heterocycles. The van der Waals surface area contributed by atoms with Crippen LogP contribution in [0.4, 0.5) is 0 Å². The Bertz CT molecular complexity index is 943. The largest absolute Gasteiger partial charge is 0.369 e. The van der Waals surface area contributed by atoms with Gasteiger partial charge in [-0.3, -0.25) is 23.9 Å². The number of likely N-dealkylation sites (N-methyl/N-ethyl adjacent to an activating group) is 1. The molecule has 0 radical (unpaired) electrons. The van der Waals surface area contributed by atoms with Crippen molar-refractivity contribution in [2.45, 2.75) is 76.4 Å². The van der Waals surface area contributed by atoms with Gasteiger partial charge in [0.05, 0.1) is 6.54 Å². The van der Waals surface area contributed by atoms with Crippen LogP contribution in [0.2, 0.25) is 0 Å². The monoisotopic (exact) mass is 458 g/mol. The molecule has 10 heteroatoms. The van der Waals surface area contributed by atoms with E-state index in [1.54, 1.807) is 18.9 Å². The third-order valence-corrected chi connectivity index (χ3v) is 7.58. The Morgan fingerprint density at radius 3 is 2.33 bits per heavy atom. The summed E-state index contributed by atoms with van der Waals surface area (Å²) in [6.07, 6.45) is 7.54. The molecule has 2 aliphatic heterocycles. The molecule has 4 amide bonds. The molecule has 180 valence electrons. The number of rotatable bonds is 4. The van der Waals surface area contributed by atoms with Gasteiger partial charge >= 0.3 is 0 Å². The number of primary amides is 1. The fraction of sp³-hybridized carbons (Fsp3) is 0.696. The second-order valence-corrected chi connectivity index (χ2v) is 9.84. The highest BCUT2D eigenvalue weighted by molar-refractivity contribution is 6.01. The third-order valence-electron chi connectivity index (χ3n) is 7.58. The van der Waals surface area contributed by atoms with E-state index in [0.29, 0.717) is 31.6 Å². The summed E-state index contributed by atoms with van der Waals surface area (Å²) < 4.78 is 1.48. The number of hydrogen-bond donors (Lipinski definition) is 2. The van der Waals surface area contributed by atoms with E-state index in [1.807, 2.05) is 0 Å². The molecule has 1 saturated carbocycles. The van der Waals surface area contributed by atoms with E-state index >= 15 is 0 Å². The van der Waals surface area contributed by atoms with Crippen LogP contribution in [0.3, 0.4) is 0 Å². The van der Waals surface area contributed by atoms with Crippen LogP contribution in [0.5, 0.6) is 0 Å². The molecule has 0 unspecified atom stereocenters. The molecular formula is C23H34N6O4. The van der Waals surface area contributed by atoms with Crippen molar-refractivity contribution < 1.29 is 19.2 Å². The summed E-state index contributed by atoms with van der Waals surface area (Å²) in [5.41, 5.74) is 4.76. The fourth-order valence-corrected chi connectivity index (χ4v) is 5.13. The first-order valence-corrected chi connectivity index (χ1v) is 12.0. The predicted octanol–water partition coefficient (Wildman–Crippen LogP) is 0.904. The maximum Gasteiger partial charge on any atom is 0.274 e. The van der Waals surface area contributed by atoms with E-state index in [4.69, 9.17) is 5.73 Å². The molecule has 0 bridgehead atoms. The minimum atomic E-state index is -1.09. The van der Waals surface area contributed by atoms with Gasteiger partial charge in [0.1, 0.15) is 11.2 Å². The minimum Gasteiger partial charge on any atom is -0.369 e. The highest BCUT2D eigenvalue weighted by atomic mass is 16.2. The normalized spacial score (nSPS) is 24.8. The Hall–Kier alpha value is -2.91. The molecule has 10 nitrogen and oxygen atoms in total. The maximum absolute atomic E-state index is 13.3. The molecular weight excluding hydrogens is 424 g/mol. The number of aromatic nitrogens is 2. The number of nitrogens with two attached hydrogens (primary N) is 1. The van der Waals surface area contributed by atoms with Crippen LogP contribution < -0.4 is 11.1 Å². The summed E-state index contributed by atoms with van der Waals surface area (Å²) in [6, 6.07) is 1.63. The van der Waals surface area contributed by atoms with Crippen molar-refractivity contribution in [2.24, 2.45) is 11.7 Å². The molecule has 1 aromatic rings. The Kier molecular flexibility index (Phi) is 6.45. The molecule has 3 N–H and O–H groups in total. The number of nitrogens with zero attached hydrogens (tertiary/aromatic N) is 4. The summed E-state index contributed by atoms with van der Waals surface area (Å²) in [7, 11) is 1.63. The summed E-state index contributed by atoms with van der Waals surface area (Å²) in [6.45, 7) is 2.77. The molecule has 1 aliphatic carbocycles. The average Bonchev–Trinajstić information content (AvgIpc) is 3.05. The zero-order valence-corrected chi connectivity index (χ0v) is 19.5. The molecule has 1 saturated heterocycles. The lowest BCUT2D eigenvalue weighted by molar-refractivity contribution is -0.133. The molecule has 0 spiro atoms. The molecule has 0 aromatic carbocycles. The van der Waals surface area contributed by atoms with Gasteiger partial charge in [0.2, 0.25) is 11.8 Å². The van der Waals surface area contributed by atoms with Crippen molar-refractivity contribution in [2.75, 3.05) is 20.1 Å². The number of nitrogens with one attached hydrogen (secondary N) is 1. The number of carbonyl (C=O) groups is 4. The summed E-state index contributed by atoms with van der Waals surface area (Å²) in [5.74, 6) is -1.35. The van der Waals surface area contributed by atoms with Crippen LogP contribution >= 0.6 is 0 Å². The van der Waals surface area contributed by atoms with Crippen molar-refractivity contribution in [1.82, 2.24) is 24.9 Å². The maximum atomic E-state index is 13.3. The molecule has 1 atom stereocenters. The van der Waals surface area contributed by atoms with Crippen LogP contribution in [-0.2, 0) is 16.1 Å². The standard InChI is InChI=1S/C23H34N6O4/c1-23(22(33)25-16-7-5-3-4-6-8-16)14-29-18(21(32)27(23)2)13-17(26-29)20(31)28-11-9-15(10-12-28)19(24)30/h13,15-16H,3-12,14H2,1-2H3,(H2,24,30)(H,25,33)/t23-/m0/s1. The van der Waals surface area contributed by atoms with Gasteiger partial charge in [0.25, 0.3) is 11.8 Å². The van der Waals surface area contributed by atoms with Crippen molar-refractivity contribution >= 4 is 23.6 Å². The molecule has 1 aromatic heterocycles. The summed E-state index contributed by atoms with van der Waals surface area (Å²) >= 11 is 0. The average molecular weight is 459 g/mol. The number of amides is 4. The van der Waals surface area contributed by atoms with Gasteiger partial charge in [-0.2, -0.15) is 5.10 Å². The predicted molar refractivity (Wildman–Crippen MR) is 120 cm³/mol. The van der Waals surface area contributed by atoms with E-state index in [-0.39, 0.29) is 47.8 Å². The van der Waals surface area contributed by atoms with Gasteiger partial charge < -0.3 is 20.9 Å². The van der Waals surface area contributed by atoms with Crippen molar-refractivity contribution in [3.8, 4) is 0 Å².